The van der Waals surface area contributed by atoms with Gasteiger partial charge in [0, 0.05) is 24.7 Å². The molecule has 1 saturated heterocycles. The fourth-order valence-electron chi connectivity index (χ4n) is 2.52. The Morgan fingerprint density at radius 1 is 1.30 bits per heavy atom. The van der Waals surface area contributed by atoms with Crippen molar-refractivity contribution < 1.29 is 13.6 Å². The minimum absolute atomic E-state index is 0.115. The first-order valence-electron chi connectivity index (χ1n) is 7.08. The van der Waals surface area contributed by atoms with Crippen LogP contribution < -0.4 is 5.32 Å². The summed E-state index contributed by atoms with van der Waals surface area (Å²) in [4.78, 5) is 14.3. The zero-order valence-corrected chi connectivity index (χ0v) is 11.7. The van der Waals surface area contributed by atoms with E-state index < -0.39 is 11.6 Å². The van der Waals surface area contributed by atoms with E-state index in [-0.39, 0.29) is 17.5 Å². The summed E-state index contributed by atoms with van der Waals surface area (Å²) < 4.78 is 25.9. The molecule has 5 heteroatoms. The molecule has 1 aromatic rings. The van der Waals surface area contributed by atoms with Crippen molar-refractivity contribution in [3.05, 3.63) is 35.4 Å². The molecule has 0 radical (unpaired) electrons. The number of nitrogens with one attached hydrogen (secondary N) is 1. The zero-order chi connectivity index (χ0) is 14.5. The molecule has 0 spiro atoms. The highest BCUT2D eigenvalue weighted by atomic mass is 19.2. The minimum atomic E-state index is -0.990. The van der Waals surface area contributed by atoms with Gasteiger partial charge >= 0.3 is 0 Å². The number of carbonyl (C=O) groups is 1. The molecular formula is C15H20F2N2O. The molecule has 1 heterocycles. The van der Waals surface area contributed by atoms with Crippen LogP contribution in [-0.4, -0.2) is 36.5 Å². The first-order chi connectivity index (χ1) is 9.60. The smallest absolute Gasteiger partial charge is 0.251 e. The molecule has 0 aliphatic carbocycles. The molecule has 1 aliphatic heterocycles. The Labute approximate surface area is 118 Å². The highest BCUT2D eigenvalue weighted by Crippen LogP contribution is 2.13. The maximum absolute atomic E-state index is 13.1. The van der Waals surface area contributed by atoms with Gasteiger partial charge in [-0.15, -0.1) is 0 Å². The van der Waals surface area contributed by atoms with Crippen molar-refractivity contribution in [3.8, 4) is 0 Å². The highest BCUT2D eigenvalue weighted by molar-refractivity contribution is 5.94. The van der Waals surface area contributed by atoms with Gasteiger partial charge in [0.15, 0.2) is 11.6 Å². The highest BCUT2D eigenvalue weighted by Gasteiger charge is 2.21. The lowest BCUT2D eigenvalue weighted by Crippen LogP contribution is -2.44. The van der Waals surface area contributed by atoms with Gasteiger partial charge < -0.3 is 10.2 Å². The zero-order valence-electron chi connectivity index (χ0n) is 11.7. The van der Waals surface area contributed by atoms with Crippen LogP contribution in [-0.2, 0) is 0 Å². The van der Waals surface area contributed by atoms with E-state index in [0.29, 0.717) is 0 Å². The molecule has 1 aromatic carbocycles. The summed E-state index contributed by atoms with van der Waals surface area (Å²) in [5, 5.41) is 2.89. The average molecular weight is 282 g/mol. The van der Waals surface area contributed by atoms with E-state index in [1.165, 1.54) is 6.07 Å². The van der Waals surface area contributed by atoms with Crippen LogP contribution in [0.5, 0.6) is 0 Å². The number of carbonyl (C=O) groups excluding carboxylic acids is 1. The van der Waals surface area contributed by atoms with Crippen molar-refractivity contribution in [1.82, 2.24) is 10.2 Å². The number of hydrogen-bond donors (Lipinski definition) is 1. The minimum Gasteiger partial charge on any atom is -0.349 e. The summed E-state index contributed by atoms with van der Waals surface area (Å²) in [6, 6.07) is 3.34. The van der Waals surface area contributed by atoms with Crippen molar-refractivity contribution in [1.29, 1.82) is 0 Å². The summed E-state index contributed by atoms with van der Waals surface area (Å²) in [7, 11) is 0. The fourth-order valence-corrected chi connectivity index (χ4v) is 2.52. The molecule has 0 saturated carbocycles. The van der Waals surface area contributed by atoms with Crippen molar-refractivity contribution in [2.75, 3.05) is 19.6 Å². The Morgan fingerprint density at radius 2 is 2.00 bits per heavy atom. The number of likely N-dealkylation sites (tertiary alicyclic amines) is 1. The van der Waals surface area contributed by atoms with Crippen LogP contribution in [0.25, 0.3) is 0 Å². The standard InChI is InChI=1S/C15H20F2N2O/c1-2-7-19-8-5-12(6-9-19)18-15(20)11-3-4-13(16)14(17)10-11/h3-4,10,12H,2,5-9H2,1H3,(H,18,20). The van der Waals surface area contributed by atoms with Crippen molar-refractivity contribution in [2.24, 2.45) is 0 Å². The van der Waals surface area contributed by atoms with Crippen LogP contribution in [0.2, 0.25) is 0 Å². The number of nitrogens with zero attached hydrogens (tertiary/aromatic N) is 1. The molecule has 0 unspecified atom stereocenters. The second kappa shape index (κ2) is 6.79. The maximum Gasteiger partial charge on any atom is 0.251 e. The molecule has 1 N–H and O–H groups in total. The maximum atomic E-state index is 13.1. The van der Waals surface area contributed by atoms with E-state index in [4.69, 9.17) is 0 Å². The van der Waals surface area contributed by atoms with Crippen molar-refractivity contribution in [3.63, 3.8) is 0 Å². The lowest BCUT2D eigenvalue weighted by atomic mass is 10.0. The molecule has 0 bridgehead atoms. The number of halogens is 2. The topological polar surface area (TPSA) is 32.3 Å². The molecule has 1 aliphatic rings. The monoisotopic (exact) mass is 282 g/mol. The number of piperidine rings is 1. The van der Waals surface area contributed by atoms with E-state index in [0.717, 1.165) is 51.0 Å². The summed E-state index contributed by atoms with van der Waals surface area (Å²) in [6.45, 7) is 5.17. The molecule has 0 atom stereocenters. The van der Waals surface area contributed by atoms with Gasteiger partial charge in [-0.05, 0) is 44.0 Å². The normalized spacial score (nSPS) is 17.1. The lowest BCUT2D eigenvalue weighted by Gasteiger charge is -2.32. The molecule has 20 heavy (non-hydrogen) atoms. The van der Waals surface area contributed by atoms with Crippen molar-refractivity contribution in [2.45, 2.75) is 32.2 Å². The second-order valence-electron chi connectivity index (χ2n) is 5.22. The van der Waals surface area contributed by atoms with Crippen LogP contribution in [0, 0.1) is 11.6 Å². The Bertz CT molecular complexity index is 471. The van der Waals surface area contributed by atoms with Gasteiger partial charge in [0.05, 0.1) is 0 Å². The molecule has 1 amide bonds. The van der Waals surface area contributed by atoms with E-state index in [2.05, 4.69) is 17.1 Å². The van der Waals surface area contributed by atoms with E-state index in [1.807, 2.05) is 0 Å². The molecule has 0 aromatic heterocycles. The average Bonchev–Trinajstić information content (AvgIpc) is 2.44. The van der Waals surface area contributed by atoms with Gasteiger partial charge in [-0.25, -0.2) is 8.78 Å². The SMILES string of the molecule is CCCN1CCC(NC(=O)c2ccc(F)c(F)c2)CC1. The first kappa shape index (κ1) is 14.9. The van der Waals surface area contributed by atoms with Crippen LogP contribution in [0.3, 0.4) is 0 Å². The summed E-state index contributed by atoms with van der Waals surface area (Å²) in [5.74, 6) is -2.26. The van der Waals surface area contributed by atoms with E-state index in [1.54, 1.807) is 0 Å². The van der Waals surface area contributed by atoms with Gasteiger partial charge in [-0.1, -0.05) is 6.92 Å². The number of rotatable bonds is 4. The predicted molar refractivity (Wildman–Crippen MR) is 73.6 cm³/mol. The Morgan fingerprint density at radius 3 is 2.60 bits per heavy atom. The molecule has 2 rings (SSSR count). The third-order valence-electron chi connectivity index (χ3n) is 3.64. The Hall–Kier alpha value is -1.49. The molecule has 1 fully saturated rings. The van der Waals surface area contributed by atoms with Gasteiger partial charge in [0.1, 0.15) is 0 Å². The predicted octanol–water partition coefficient (Wildman–Crippen LogP) is 2.57. The molecule has 110 valence electrons. The van der Waals surface area contributed by atoms with Crippen LogP contribution in [0.4, 0.5) is 8.78 Å². The molecular weight excluding hydrogens is 262 g/mol. The second-order valence-corrected chi connectivity index (χ2v) is 5.22. The van der Waals surface area contributed by atoms with Gasteiger partial charge in [-0.2, -0.15) is 0 Å². The van der Waals surface area contributed by atoms with Crippen LogP contribution in [0.1, 0.15) is 36.5 Å². The largest absolute Gasteiger partial charge is 0.349 e. The van der Waals surface area contributed by atoms with Crippen LogP contribution >= 0.6 is 0 Å². The molecule has 3 nitrogen and oxygen atoms in total. The first-order valence-corrected chi connectivity index (χ1v) is 7.08. The van der Waals surface area contributed by atoms with Crippen molar-refractivity contribution >= 4 is 5.91 Å². The van der Waals surface area contributed by atoms with E-state index >= 15 is 0 Å². The Balaban J connectivity index is 1.87. The summed E-state index contributed by atoms with van der Waals surface area (Å²) >= 11 is 0. The van der Waals surface area contributed by atoms with E-state index in [9.17, 15) is 13.6 Å². The third kappa shape index (κ3) is 3.76. The third-order valence-corrected chi connectivity index (χ3v) is 3.64. The Kier molecular flexibility index (Phi) is 5.06. The van der Waals surface area contributed by atoms with Crippen LogP contribution in [0.15, 0.2) is 18.2 Å². The van der Waals surface area contributed by atoms with Gasteiger partial charge in [0.2, 0.25) is 0 Å². The number of hydrogen-bond acceptors (Lipinski definition) is 2. The lowest BCUT2D eigenvalue weighted by molar-refractivity contribution is 0.0910. The summed E-state index contributed by atoms with van der Waals surface area (Å²) in [5.41, 5.74) is 0.167. The number of amides is 1. The fraction of sp³-hybridized carbons (Fsp3) is 0.533. The summed E-state index contributed by atoms with van der Waals surface area (Å²) in [6.07, 6.45) is 2.93. The quantitative estimate of drug-likeness (QED) is 0.920. The van der Waals surface area contributed by atoms with Gasteiger partial charge in [0.25, 0.3) is 5.91 Å². The van der Waals surface area contributed by atoms with Gasteiger partial charge in [-0.3, -0.25) is 4.79 Å². The number of benzene rings is 1.